The van der Waals surface area contributed by atoms with Crippen molar-refractivity contribution in [1.29, 1.82) is 0 Å². The molecule has 0 radical (unpaired) electrons. The normalized spacial score (nSPS) is 56.2. The van der Waals surface area contributed by atoms with E-state index in [1.165, 1.54) is 32.1 Å². The molecular formula is C11H18O. The Morgan fingerprint density at radius 3 is 2.67 bits per heavy atom. The Morgan fingerprint density at radius 2 is 1.83 bits per heavy atom. The predicted molar refractivity (Wildman–Crippen MR) is 47.6 cm³/mol. The Bertz CT molecular complexity index is 187. The van der Waals surface area contributed by atoms with E-state index in [0.29, 0.717) is 12.5 Å². The summed E-state index contributed by atoms with van der Waals surface area (Å²) in [5, 5.41) is 9.24. The van der Waals surface area contributed by atoms with Gasteiger partial charge in [-0.05, 0) is 61.7 Å². The van der Waals surface area contributed by atoms with E-state index in [1.807, 2.05) is 0 Å². The zero-order chi connectivity index (χ0) is 8.13. The fraction of sp³-hybridized carbons (Fsp3) is 1.00. The van der Waals surface area contributed by atoms with E-state index < -0.39 is 0 Å². The number of aliphatic hydroxyl groups excluding tert-OH is 1. The monoisotopic (exact) mass is 166 g/mol. The van der Waals surface area contributed by atoms with Crippen molar-refractivity contribution in [1.82, 2.24) is 0 Å². The lowest BCUT2D eigenvalue weighted by atomic mass is 9.78. The van der Waals surface area contributed by atoms with Crippen molar-refractivity contribution in [3.05, 3.63) is 0 Å². The number of fused-ring (bicyclic) bond motifs is 5. The third-order valence-corrected chi connectivity index (χ3v) is 4.81. The Kier molecular flexibility index (Phi) is 1.52. The third kappa shape index (κ3) is 0.783. The van der Waals surface area contributed by atoms with Gasteiger partial charge in [-0.3, -0.25) is 0 Å². The van der Waals surface area contributed by atoms with E-state index in [2.05, 4.69) is 0 Å². The summed E-state index contributed by atoms with van der Waals surface area (Å²) in [7, 11) is 0. The van der Waals surface area contributed by atoms with Crippen LogP contribution in [0.25, 0.3) is 0 Å². The molecule has 0 saturated heterocycles. The minimum atomic E-state index is 0.463. The van der Waals surface area contributed by atoms with E-state index in [4.69, 9.17) is 0 Å². The highest BCUT2D eigenvalue weighted by Gasteiger charge is 2.52. The highest BCUT2D eigenvalue weighted by atomic mass is 16.3. The summed E-state index contributed by atoms with van der Waals surface area (Å²) in [5.41, 5.74) is 0. The van der Waals surface area contributed by atoms with Crippen LogP contribution < -0.4 is 0 Å². The van der Waals surface area contributed by atoms with Crippen LogP contribution in [0.4, 0.5) is 0 Å². The maximum absolute atomic E-state index is 9.24. The van der Waals surface area contributed by atoms with Crippen molar-refractivity contribution in [3.8, 4) is 0 Å². The Labute approximate surface area is 74.2 Å². The van der Waals surface area contributed by atoms with Crippen molar-refractivity contribution in [2.45, 2.75) is 32.1 Å². The SMILES string of the molecule is OC[C@@H]1CC[C@H]2[C@H]3CC[C@@H](C3)[C@@H]12. The van der Waals surface area contributed by atoms with Crippen LogP contribution in [0.5, 0.6) is 0 Å². The Morgan fingerprint density at radius 1 is 1.00 bits per heavy atom. The molecule has 12 heavy (non-hydrogen) atoms. The lowest BCUT2D eigenvalue weighted by Gasteiger charge is -2.27. The molecule has 0 aromatic rings. The molecule has 0 heterocycles. The molecule has 0 aromatic heterocycles. The molecule has 0 aliphatic heterocycles. The molecule has 3 aliphatic carbocycles. The second-order valence-corrected chi connectivity index (χ2v) is 5.09. The van der Waals surface area contributed by atoms with E-state index in [0.717, 1.165) is 23.7 Å². The molecule has 0 unspecified atom stereocenters. The molecule has 1 heteroatoms. The van der Waals surface area contributed by atoms with Crippen LogP contribution in [0.15, 0.2) is 0 Å². The summed E-state index contributed by atoms with van der Waals surface area (Å²) in [6.07, 6.45) is 7.23. The van der Waals surface area contributed by atoms with Crippen LogP contribution >= 0.6 is 0 Å². The van der Waals surface area contributed by atoms with Gasteiger partial charge in [0.2, 0.25) is 0 Å². The van der Waals surface area contributed by atoms with Gasteiger partial charge in [0.05, 0.1) is 0 Å². The van der Waals surface area contributed by atoms with Gasteiger partial charge in [-0.25, -0.2) is 0 Å². The van der Waals surface area contributed by atoms with Gasteiger partial charge in [0.1, 0.15) is 0 Å². The first kappa shape index (κ1) is 7.37. The maximum atomic E-state index is 9.24. The summed E-state index contributed by atoms with van der Waals surface area (Å²) < 4.78 is 0. The standard InChI is InChI=1S/C11H18O/c12-6-9-3-4-10-7-1-2-8(5-7)11(9)10/h7-12H,1-6H2/t7-,8-,9-,10-,11-/m0/s1. The summed E-state index contributed by atoms with van der Waals surface area (Å²) in [6, 6.07) is 0. The van der Waals surface area contributed by atoms with Gasteiger partial charge in [0.25, 0.3) is 0 Å². The molecule has 0 aromatic carbocycles. The van der Waals surface area contributed by atoms with Crippen LogP contribution in [-0.2, 0) is 0 Å². The number of hydrogen-bond acceptors (Lipinski definition) is 1. The van der Waals surface area contributed by atoms with Gasteiger partial charge in [0, 0.05) is 6.61 Å². The van der Waals surface area contributed by atoms with Crippen molar-refractivity contribution >= 4 is 0 Å². The molecule has 3 aliphatic rings. The zero-order valence-electron chi connectivity index (χ0n) is 7.58. The van der Waals surface area contributed by atoms with Gasteiger partial charge in [-0.15, -0.1) is 0 Å². The lowest BCUT2D eigenvalue weighted by Crippen LogP contribution is -2.23. The van der Waals surface area contributed by atoms with E-state index in [1.54, 1.807) is 0 Å². The second kappa shape index (κ2) is 2.47. The Hall–Kier alpha value is -0.0400. The average Bonchev–Trinajstić information content (AvgIpc) is 2.76. The summed E-state index contributed by atoms with van der Waals surface area (Å²) in [4.78, 5) is 0. The predicted octanol–water partition coefficient (Wildman–Crippen LogP) is 2.05. The largest absolute Gasteiger partial charge is 0.396 e. The lowest BCUT2D eigenvalue weighted by molar-refractivity contribution is 0.142. The molecule has 5 atom stereocenters. The smallest absolute Gasteiger partial charge is 0.0462 e. The fourth-order valence-electron chi connectivity index (χ4n) is 4.43. The first-order valence-corrected chi connectivity index (χ1v) is 5.51. The average molecular weight is 166 g/mol. The number of aliphatic hydroxyl groups is 1. The quantitative estimate of drug-likeness (QED) is 0.632. The van der Waals surface area contributed by atoms with Crippen LogP contribution in [0.1, 0.15) is 32.1 Å². The van der Waals surface area contributed by atoms with Crippen molar-refractivity contribution < 1.29 is 5.11 Å². The third-order valence-electron chi connectivity index (χ3n) is 4.81. The zero-order valence-corrected chi connectivity index (χ0v) is 7.58. The van der Waals surface area contributed by atoms with E-state index in [9.17, 15) is 5.11 Å². The number of hydrogen-bond donors (Lipinski definition) is 1. The molecular weight excluding hydrogens is 148 g/mol. The molecule has 1 nitrogen and oxygen atoms in total. The molecule has 3 fully saturated rings. The highest BCUT2D eigenvalue weighted by molar-refractivity contribution is 5.02. The molecule has 68 valence electrons. The van der Waals surface area contributed by atoms with Crippen LogP contribution in [0.2, 0.25) is 0 Å². The first-order chi connectivity index (χ1) is 5.90. The van der Waals surface area contributed by atoms with Gasteiger partial charge in [0.15, 0.2) is 0 Å². The fourth-order valence-corrected chi connectivity index (χ4v) is 4.43. The highest BCUT2D eigenvalue weighted by Crippen LogP contribution is 2.60. The first-order valence-electron chi connectivity index (χ1n) is 5.51. The van der Waals surface area contributed by atoms with Gasteiger partial charge in [-0.2, -0.15) is 0 Å². The van der Waals surface area contributed by atoms with Gasteiger partial charge < -0.3 is 5.11 Å². The van der Waals surface area contributed by atoms with Crippen molar-refractivity contribution in [2.24, 2.45) is 29.6 Å². The summed E-state index contributed by atoms with van der Waals surface area (Å²) >= 11 is 0. The molecule has 2 bridgehead atoms. The van der Waals surface area contributed by atoms with Crippen LogP contribution in [0.3, 0.4) is 0 Å². The second-order valence-electron chi connectivity index (χ2n) is 5.09. The maximum Gasteiger partial charge on any atom is 0.0462 e. The van der Waals surface area contributed by atoms with Gasteiger partial charge >= 0.3 is 0 Å². The minimum Gasteiger partial charge on any atom is -0.396 e. The minimum absolute atomic E-state index is 0.463. The molecule has 1 N–H and O–H groups in total. The van der Waals surface area contributed by atoms with Crippen molar-refractivity contribution in [3.63, 3.8) is 0 Å². The summed E-state index contributed by atoms with van der Waals surface area (Å²) in [5.74, 6) is 4.73. The summed E-state index contributed by atoms with van der Waals surface area (Å²) in [6.45, 7) is 0.463. The van der Waals surface area contributed by atoms with Crippen LogP contribution in [-0.4, -0.2) is 11.7 Å². The molecule has 3 rings (SSSR count). The van der Waals surface area contributed by atoms with Crippen LogP contribution in [0, 0.1) is 29.6 Å². The topological polar surface area (TPSA) is 20.2 Å². The molecule has 0 amide bonds. The molecule has 3 saturated carbocycles. The number of rotatable bonds is 1. The van der Waals surface area contributed by atoms with E-state index >= 15 is 0 Å². The van der Waals surface area contributed by atoms with Gasteiger partial charge in [-0.1, -0.05) is 0 Å². The van der Waals surface area contributed by atoms with E-state index in [-0.39, 0.29) is 0 Å². The molecule has 0 spiro atoms. The Balaban J connectivity index is 1.85. The van der Waals surface area contributed by atoms with Crippen molar-refractivity contribution in [2.75, 3.05) is 6.61 Å².